The largest absolute Gasteiger partial charge is 0.323 e. The van der Waals surface area contributed by atoms with Crippen LogP contribution in [0.15, 0.2) is 48.7 Å². The molecule has 0 amide bonds. The van der Waals surface area contributed by atoms with Crippen LogP contribution in [0.3, 0.4) is 0 Å². The quantitative estimate of drug-likeness (QED) is 0.368. The van der Waals surface area contributed by atoms with E-state index in [1.165, 1.54) is 5.39 Å². The zero-order valence-electron chi connectivity index (χ0n) is 8.64. The lowest BCUT2D eigenvalue weighted by Crippen LogP contribution is -2.07. The second kappa shape index (κ2) is 3.47. The van der Waals surface area contributed by atoms with Crippen LogP contribution in [-0.2, 0) is 0 Å². The average molecular weight is 209 g/mol. The lowest BCUT2D eigenvalue weighted by molar-refractivity contribution is 1.34. The van der Waals surface area contributed by atoms with Gasteiger partial charge in [0.1, 0.15) is 0 Å². The molecule has 78 valence electrons. The number of hydrogen-bond donors (Lipinski definition) is 2. The Morgan fingerprint density at radius 2 is 1.81 bits per heavy atom. The van der Waals surface area contributed by atoms with Crippen LogP contribution in [0, 0.1) is 0 Å². The molecule has 0 aliphatic carbocycles. The summed E-state index contributed by atoms with van der Waals surface area (Å²) in [5.74, 6) is 5.48. The molecular weight excluding hydrogens is 198 g/mol. The van der Waals surface area contributed by atoms with Gasteiger partial charge in [-0.05, 0) is 11.5 Å². The molecule has 2 aromatic carbocycles. The fourth-order valence-electron chi connectivity index (χ4n) is 2.01. The first kappa shape index (κ1) is 9.12. The van der Waals surface area contributed by atoms with Crippen molar-refractivity contribution in [3.05, 3.63) is 48.7 Å². The molecule has 3 nitrogen and oxygen atoms in total. The van der Waals surface area contributed by atoms with Crippen molar-refractivity contribution < 1.29 is 0 Å². The highest BCUT2D eigenvalue weighted by atomic mass is 15.2. The normalized spacial score (nSPS) is 10.8. The number of nitrogen functional groups attached to an aromatic ring is 1. The maximum atomic E-state index is 5.48. The molecule has 1 heterocycles. The number of nitrogens with zero attached hydrogens (tertiary/aromatic N) is 1. The summed E-state index contributed by atoms with van der Waals surface area (Å²) >= 11 is 0. The van der Waals surface area contributed by atoms with Crippen LogP contribution in [0.5, 0.6) is 0 Å². The lowest BCUT2D eigenvalue weighted by Gasteiger charge is -2.07. The monoisotopic (exact) mass is 209 g/mol. The lowest BCUT2D eigenvalue weighted by atomic mass is 10.1. The van der Waals surface area contributed by atoms with Crippen LogP contribution >= 0.6 is 0 Å². The van der Waals surface area contributed by atoms with Gasteiger partial charge in [0, 0.05) is 17.0 Å². The standard InChI is InChI=1S/C13H11N3/c14-16-12-7-8-15-13-10-4-2-1-3-9(10)5-6-11(12)13/h1-8H,14H2,(H,15,16). The number of nitrogens with two attached hydrogens (primary N) is 1. The van der Waals surface area contributed by atoms with E-state index in [4.69, 9.17) is 5.84 Å². The van der Waals surface area contributed by atoms with Gasteiger partial charge in [0.2, 0.25) is 0 Å². The number of aromatic nitrogens is 1. The summed E-state index contributed by atoms with van der Waals surface area (Å²) in [4.78, 5) is 4.42. The van der Waals surface area contributed by atoms with Crippen molar-refractivity contribution in [1.82, 2.24) is 4.98 Å². The molecule has 3 heteroatoms. The molecule has 3 N–H and O–H groups in total. The van der Waals surface area contributed by atoms with Crippen molar-refractivity contribution in [3.63, 3.8) is 0 Å². The predicted octanol–water partition coefficient (Wildman–Crippen LogP) is 2.67. The van der Waals surface area contributed by atoms with Crippen molar-refractivity contribution in [2.24, 2.45) is 5.84 Å². The van der Waals surface area contributed by atoms with Crippen molar-refractivity contribution >= 4 is 27.4 Å². The second-order valence-electron chi connectivity index (χ2n) is 3.69. The minimum absolute atomic E-state index is 0.899. The molecular formula is C13H11N3. The van der Waals surface area contributed by atoms with Crippen LogP contribution in [0.1, 0.15) is 0 Å². The Labute approximate surface area is 92.9 Å². The van der Waals surface area contributed by atoms with Gasteiger partial charge in [0.05, 0.1) is 11.2 Å². The van der Waals surface area contributed by atoms with E-state index in [1.54, 1.807) is 6.20 Å². The Morgan fingerprint density at radius 1 is 0.938 bits per heavy atom. The van der Waals surface area contributed by atoms with Gasteiger partial charge in [0.15, 0.2) is 0 Å². The van der Waals surface area contributed by atoms with Crippen LogP contribution in [0.4, 0.5) is 5.69 Å². The van der Waals surface area contributed by atoms with Crippen LogP contribution in [0.2, 0.25) is 0 Å². The first-order valence-corrected chi connectivity index (χ1v) is 5.13. The smallest absolute Gasteiger partial charge is 0.0801 e. The molecule has 16 heavy (non-hydrogen) atoms. The fourth-order valence-corrected chi connectivity index (χ4v) is 2.01. The number of hydrogen-bond acceptors (Lipinski definition) is 3. The molecule has 0 aliphatic rings. The van der Waals surface area contributed by atoms with Gasteiger partial charge < -0.3 is 5.43 Å². The third-order valence-electron chi connectivity index (χ3n) is 2.79. The van der Waals surface area contributed by atoms with Gasteiger partial charge >= 0.3 is 0 Å². The number of pyridine rings is 1. The molecule has 0 bridgehead atoms. The molecule has 0 radical (unpaired) electrons. The van der Waals surface area contributed by atoms with Crippen molar-refractivity contribution in [2.45, 2.75) is 0 Å². The summed E-state index contributed by atoms with van der Waals surface area (Å²) in [5.41, 5.74) is 4.57. The van der Waals surface area contributed by atoms with E-state index in [2.05, 4.69) is 28.6 Å². The minimum Gasteiger partial charge on any atom is -0.323 e. The SMILES string of the molecule is NNc1ccnc2c1ccc1ccccc12. The third-order valence-corrected chi connectivity index (χ3v) is 2.79. The van der Waals surface area contributed by atoms with Crippen LogP contribution in [0.25, 0.3) is 21.7 Å². The summed E-state index contributed by atoms with van der Waals surface area (Å²) in [5, 5.41) is 3.39. The highest BCUT2D eigenvalue weighted by molar-refractivity contribution is 6.08. The van der Waals surface area contributed by atoms with Crippen molar-refractivity contribution in [2.75, 3.05) is 5.43 Å². The molecule has 3 rings (SSSR count). The molecule has 0 atom stereocenters. The molecule has 0 unspecified atom stereocenters. The number of anilines is 1. The Balaban J connectivity index is 2.52. The molecule has 0 spiro atoms. The number of hydrazine groups is 1. The van der Waals surface area contributed by atoms with Gasteiger partial charge in [-0.1, -0.05) is 36.4 Å². The fraction of sp³-hybridized carbons (Fsp3) is 0. The van der Waals surface area contributed by atoms with E-state index in [-0.39, 0.29) is 0 Å². The molecule has 1 aromatic heterocycles. The number of fused-ring (bicyclic) bond motifs is 3. The van der Waals surface area contributed by atoms with E-state index in [0.29, 0.717) is 0 Å². The minimum atomic E-state index is 0.899. The molecule has 0 saturated heterocycles. The summed E-state index contributed by atoms with van der Waals surface area (Å²) in [6, 6.07) is 14.2. The number of nitrogens with one attached hydrogen (secondary N) is 1. The summed E-state index contributed by atoms with van der Waals surface area (Å²) in [7, 11) is 0. The number of rotatable bonds is 1. The summed E-state index contributed by atoms with van der Waals surface area (Å²) in [6.45, 7) is 0. The Morgan fingerprint density at radius 3 is 2.69 bits per heavy atom. The van der Waals surface area contributed by atoms with Gasteiger partial charge in [0.25, 0.3) is 0 Å². The van der Waals surface area contributed by atoms with Gasteiger partial charge in [-0.2, -0.15) is 0 Å². The first-order chi connectivity index (χ1) is 7.90. The van der Waals surface area contributed by atoms with E-state index in [0.717, 1.165) is 22.0 Å². The van der Waals surface area contributed by atoms with E-state index in [9.17, 15) is 0 Å². The van der Waals surface area contributed by atoms with Crippen LogP contribution < -0.4 is 11.3 Å². The van der Waals surface area contributed by atoms with Gasteiger partial charge in [-0.3, -0.25) is 10.8 Å². The average Bonchev–Trinajstić information content (AvgIpc) is 2.37. The Hall–Kier alpha value is -2.13. The second-order valence-corrected chi connectivity index (χ2v) is 3.69. The van der Waals surface area contributed by atoms with E-state index < -0.39 is 0 Å². The first-order valence-electron chi connectivity index (χ1n) is 5.13. The molecule has 0 aliphatic heterocycles. The topological polar surface area (TPSA) is 50.9 Å². The molecule has 0 fully saturated rings. The molecule has 3 aromatic rings. The molecule has 0 saturated carbocycles. The summed E-state index contributed by atoms with van der Waals surface area (Å²) in [6.07, 6.45) is 1.77. The predicted molar refractivity (Wildman–Crippen MR) is 67.1 cm³/mol. The third kappa shape index (κ3) is 1.22. The maximum absolute atomic E-state index is 5.48. The van der Waals surface area contributed by atoms with Crippen molar-refractivity contribution in [1.29, 1.82) is 0 Å². The van der Waals surface area contributed by atoms with Gasteiger partial charge in [-0.15, -0.1) is 0 Å². The highest BCUT2D eigenvalue weighted by Gasteiger charge is 2.03. The maximum Gasteiger partial charge on any atom is 0.0801 e. The van der Waals surface area contributed by atoms with E-state index >= 15 is 0 Å². The Kier molecular flexibility index (Phi) is 1.98. The van der Waals surface area contributed by atoms with Crippen LogP contribution in [-0.4, -0.2) is 4.98 Å². The number of benzene rings is 2. The zero-order valence-corrected chi connectivity index (χ0v) is 8.64. The zero-order chi connectivity index (χ0) is 11.0. The Bertz CT molecular complexity index is 661. The summed E-state index contributed by atoms with van der Waals surface area (Å²) < 4.78 is 0. The van der Waals surface area contributed by atoms with Crippen molar-refractivity contribution in [3.8, 4) is 0 Å². The highest BCUT2D eigenvalue weighted by Crippen LogP contribution is 2.27. The van der Waals surface area contributed by atoms with Gasteiger partial charge in [-0.25, -0.2) is 0 Å². The van der Waals surface area contributed by atoms with E-state index in [1.807, 2.05) is 24.3 Å².